The van der Waals surface area contributed by atoms with Crippen molar-refractivity contribution in [3.63, 3.8) is 0 Å². The Labute approximate surface area is 120 Å². The zero-order valence-electron chi connectivity index (χ0n) is 11.7. The first kappa shape index (κ1) is 12.2. The van der Waals surface area contributed by atoms with E-state index in [0.29, 0.717) is 11.5 Å². The van der Waals surface area contributed by atoms with Crippen molar-refractivity contribution >= 4 is 17.0 Å². The lowest BCUT2D eigenvalue weighted by Gasteiger charge is -2.32. The van der Waals surface area contributed by atoms with E-state index in [0.717, 1.165) is 43.1 Å². The highest BCUT2D eigenvalue weighted by atomic mass is 16.5. The van der Waals surface area contributed by atoms with E-state index >= 15 is 0 Å². The SMILES string of the molecule is Cc1nc([C@@H]2CCCN(c3ncnc4nc[nH]c34)C2)no1. The molecule has 0 radical (unpaired) electrons. The summed E-state index contributed by atoms with van der Waals surface area (Å²) >= 11 is 0. The normalized spacial score (nSPS) is 19.3. The number of hydrogen-bond donors (Lipinski definition) is 1. The van der Waals surface area contributed by atoms with E-state index in [2.05, 4.69) is 35.0 Å². The number of anilines is 1. The summed E-state index contributed by atoms with van der Waals surface area (Å²) in [6.07, 6.45) is 5.33. The van der Waals surface area contributed by atoms with Crippen LogP contribution in [-0.4, -0.2) is 43.2 Å². The summed E-state index contributed by atoms with van der Waals surface area (Å²) in [6.45, 7) is 3.60. The van der Waals surface area contributed by atoms with Gasteiger partial charge >= 0.3 is 0 Å². The first-order chi connectivity index (χ1) is 10.3. The molecule has 8 heteroatoms. The highest BCUT2D eigenvalue weighted by Crippen LogP contribution is 2.29. The van der Waals surface area contributed by atoms with E-state index in [1.54, 1.807) is 12.7 Å². The molecule has 0 aromatic carbocycles. The van der Waals surface area contributed by atoms with Gasteiger partial charge in [0.1, 0.15) is 11.8 Å². The molecule has 0 amide bonds. The van der Waals surface area contributed by atoms with Gasteiger partial charge in [-0.25, -0.2) is 15.0 Å². The molecule has 21 heavy (non-hydrogen) atoms. The van der Waals surface area contributed by atoms with Crippen LogP contribution in [0.1, 0.15) is 30.5 Å². The van der Waals surface area contributed by atoms with Crippen LogP contribution < -0.4 is 4.90 Å². The summed E-state index contributed by atoms with van der Waals surface area (Å²) in [7, 11) is 0. The number of nitrogens with one attached hydrogen (secondary N) is 1. The quantitative estimate of drug-likeness (QED) is 0.760. The summed E-state index contributed by atoms with van der Waals surface area (Å²) in [6, 6.07) is 0. The Morgan fingerprint density at radius 1 is 1.33 bits per heavy atom. The van der Waals surface area contributed by atoms with Crippen LogP contribution >= 0.6 is 0 Å². The number of H-pyrrole nitrogens is 1. The minimum Gasteiger partial charge on any atom is -0.354 e. The third-order valence-corrected chi connectivity index (χ3v) is 3.83. The monoisotopic (exact) mass is 285 g/mol. The van der Waals surface area contributed by atoms with Crippen LogP contribution in [0, 0.1) is 6.92 Å². The lowest BCUT2D eigenvalue weighted by molar-refractivity contribution is 0.377. The number of aryl methyl sites for hydroxylation is 1. The largest absolute Gasteiger partial charge is 0.354 e. The first-order valence-electron chi connectivity index (χ1n) is 7.00. The van der Waals surface area contributed by atoms with Gasteiger partial charge in [-0.05, 0) is 12.8 Å². The van der Waals surface area contributed by atoms with E-state index in [-0.39, 0.29) is 5.92 Å². The van der Waals surface area contributed by atoms with Gasteiger partial charge in [-0.1, -0.05) is 5.16 Å². The van der Waals surface area contributed by atoms with Gasteiger partial charge in [-0.2, -0.15) is 4.98 Å². The predicted octanol–water partition coefficient (Wildman–Crippen LogP) is 1.43. The van der Waals surface area contributed by atoms with Crippen molar-refractivity contribution in [2.24, 2.45) is 0 Å². The fraction of sp³-hybridized carbons (Fsp3) is 0.462. The van der Waals surface area contributed by atoms with Crippen LogP contribution in [0.5, 0.6) is 0 Å². The molecule has 0 unspecified atom stereocenters. The standard InChI is InChI=1S/C13H15N7O/c1-8-18-11(19-21-8)9-3-2-4-20(5-9)13-10-12(15-6-14-10)16-7-17-13/h6-7,9H,2-5H2,1H3,(H,14,15,16,17)/t9-/m1/s1. The number of rotatable bonds is 2. The fourth-order valence-electron chi connectivity index (χ4n) is 2.85. The Balaban J connectivity index is 1.65. The summed E-state index contributed by atoms with van der Waals surface area (Å²) in [5.41, 5.74) is 1.57. The second-order valence-corrected chi connectivity index (χ2v) is 5.26. The molecule has 0 bridgehead atoms. The third-order valence-electron chi connectivity index (χ3n) is 3.83. The molecule has 1 saturated heterocycles. The van der Waals surface area contributed by atoms with Crippen LogP contribution in [0.25, 0.3) is 11.2 Å². The average molecular weight is 285 g/mol. The Kier molecular flexibility index (Phi) is 2.80. The molecular weight excluding hydrogens is 270 g/mol. The van der Waals surface area contributed by atoms with Gasteiger partial charge in [-0.3, -0.25) is 0 Å². The second kappa shape index (κ2) is 4.80. The van der Waals surface area contributed by atoms with E-state index in [4.69, 9.17) is 4.52 Å². The average Bonchev–Trinajstić information content (AvgIpc) is 3.15. The molecular formula is C13H15N7O. The molecule has 1 aliphatic rings. The van der Waals surface area contributed by atoms with Gasteiger partial charge in [0.15, 0.2) is 17.3 Å². The van der Waals surface area contributed by atoms with Crippen LogP contribution in [0.2, 0.25) is 0 Å². The highest BCUT2D eigenvalue weighted by molar-refractivity contribution is 5.82. The second-order valence-electron chi connectivity index (χ2n) is 5.26. The van der Waals surface area contributed by atoms with Crippen molar-refractivity contribution in [1.82, 2.24) is 30.1 Å². The molecule has 8 nitrogen and oxygen atoms in total. The number of fused-ring (bicyclic) bond motifs is 1. The maximum atomic E-state index is 5.10. The van der Waals surface area contributed by atoms with Crippen LogP contribution in [-0.2, 0) is 0 Å². The van der Waals surface area contributed by atoms with E-state index in [9.17, 15) is 0 Å². The number of aromatic amines is 1. The van der Waals surface area contributed by atoms with Crippen molar-refractivity contribution in [1.29, 1.82) is 0 Å². The van der Waals surface area contributed by atoms with Gasteiger partial charge in [0.05, 0.1) is 6.33 Å². The Bertz CT molecular complexity index is 765. The maximum Gasteiger partial charge on any atom is 0.223 e. The third kappa shape index (κ3) is 2.12. The summed E-state index contributed by atoms with van der Waals surface area (Å²) in [4.78, 5) is 22.5. The molecule has 108 valence electrons. The molecule has 1 atom stereocenters. The molecule has 1 fully saturated rings. The van der Waals surface area contributed by atoms with Gasteiger partial charge in [0.2, 0.25) is 5.89 Å². The van der Waals surface area contributed by atoms with Crippen LogP contribution in [0.3, 0.4) is 0 Å². The Hall–Kier alpha value is -2.51. The molecule has 0 aliphatic carbocycles. The minimum atomic E-state index is 0.268. The lowest BCUT2D eigenvalue weighted by Crippen LogP contribution is -2.35. The van der Waals surface area contributed by atoms with E-state index in [1.165, 1.54) is 0 Å². The summed E-state index contributed by atoms with van der Waals surface area (Å²) in [5.74, 6) is 2.55. The lowest BCUT2D eigenvalue weighted by atomic mass is 9.97. The van der Waals surface area contributed by atoms with Gasteiger partial charge in [0, 0.05) is 25.9 Å². The van der Waals surface area contributed by atoms with Crippen molar-refractivity contribution < 1.29 is 4.52 Å². The van der Waals surface area contributed by atoms with Crippen molar-refractivity contribution in [2.45, 2.75) is 25.7 Å². The van der Waals surface area contributed by atoms with Gasteiger partial charge in [0.25, 0.3) is 0 Å². The van der Waals surface area contributed by atoms with Crippen molar-refractivity contribution in [3.8, 4) is 0 Å². The molecule has 4 heterocycles. The predicted molar refractivity (Wildman–Crippen MR) is 74.9 cm³/mol. The smallest absolute Gasteiger partial charge is 0.223 e. The molecule has 1 N–H and O–H groups in total. The number of aromatic nitrogens is 6. The van der Waals surface area contributed by atoms with E-state index in [1.807, 2.05) is 6.92 Å². The number of hydrogen-bond acceptors (Lipinski definition) is 7. The van der Waals surface area contributed by atoms with Crippen LogP contribution in [0.15, 0.2) is 17.2 Å². The summed E-state index contributed by atoms with van der Waals surface area (Å²) < 4.78 is 5.10. The summed E-state index contributed by atoms with van der Waals surface area (Å²) in [5, 5.41) is 4.05. The highest BCUT2D eigenvalue weighted by Gasteiger charge is 2.27. The molecule has 0 saturated carbocycles. The fourth-order valence-corrected chi connectivity index (χ4v) is 2.85. The molecule has 4 rings (SSSR count). The topological polar surface area (TPSA) is 96.6 Å². The van der Waals surface area contributed by atoms with Crippen LogP contribution in [0.4, 0.5) is 5.82 Å². The molecule has 1 aliphatic heterocycles. The number of piperidine rings is 1. The van der Waals surface area contributed by atoms with Crippen molar-refractivity contribution in [3.05, 3.63) is 24.4 Å². The first-order valence-corrected chi connectivity index (χ1v) is 7.00. The van der Waals surface area contributed by atoms with Crippen molar-refractivity contribution in [2.75, 3.05) is 18.0 Å². The van der Waals surface area contributed by atoms with E-state index < -0.39 is 0 Å². The van der Waals surface area contributed by atoms with Gasteiger partial charge in [-0.15, -0.1) is 0 Å². The Morgan fingerprint density at radius 3 is 3.14 bits per heavy atom. The minimum absolute atomic E-state index is 0.268. The Morgan fingerprint density at radius 2 is 2.29 bits per heavy atom. The van der Waals surface area contributed by atoms with Gasteiger partial charge < -0.3 is 14.4 Å². The zero-order valence-corrected chi connectivity index (χ0v) is 11.7. The zero-order chi connectivity index (χ0) is 14.2. The molecule has 0 spiro atoms. The number of imidazole rings is 1. The molecule has 3 aromatic heterocycles. The maximum absolute atomic E-state index is 5.10. The molecule has 3 aromatic rings. The number of nitrogens with zero attached hydrogens (tertiary/aromatic N) is 6.